The molecule has 1 aromatic carbocycles. The molecule has 0 aliphatic rings. The first-order valence-electron chi connectivity index (χ1n) is 8.10. The fraction of sp³-hybridized carbons (Fsp3) is 0.300. The molecule has 0 amide bonds. The summed E-state index contributed by atoms with van der Waals surface area (Å²) in [6.07, 6.45) is 2.87. The second-order valence-corrected chi connectivity index (χ2v) is 5.82. The number of ketones is 1. The van der Waals surface area contributed by atoms with E-state index < -0.39 is 5.97 Å². The van der Waals surface area contributed by atoms with Gasteiger partial charge in [0.05, 0.1) is 14.2 Å². The Labute approximate surface area is 153 Å². The minimum Gasteiger partial charge on any atom is -0.493 e. The molecule has 0 radical (unpaired) electrons. The molecule has 2 rings (SSSR count). The van der Waals surface area contributed by atoms with Crippen molar-refractivity contribution in [3.8, 4) is 11.5 Å². The van der Waals surface area contributed by atoms with Crippen LogP contribution < -0.4 is 9.47 Å². The molecule has 0 saturated heterocycles. The van der Waals surface area contributed by atoms with Crippen molar-refractivity contribution in [2.75, 3.05) is 20.8 Å². The lowest BCUT2D eigenvalue weighted by Gasteiger charge is -2.07. The van der Waals surface area contributed by atoms with E-state index in [9.17, 15) is 9.59 Å². The van der Waals surface area contributed by atoms with Gasteiger partial charge in [-0.15, -0.1) is 0 Å². The Balaban J connectivity index is 1.97. The standard InChI is InChI=1S/C20H23NO5/c1-13-10-16(14(2)21(13)3)17(22)12-26-20(23)9-7-15-6-8-18(24-4)19(11-15)25-5/h6-11H,12H2,1-5H3. The number of hydrogen-bond donors (Lipinski definition) is 0. The monoisotopic (exact) mass is 357 g/mol. The van der Waals surface area contributed by atoms with Crippen LogP contribution in [0.3, 0.4) is 0 Å². The quantitative estimate of drug-likeness (QED) is 0.433. The van der Waals surface area contributed by atoms with Crippen molar-refractivity contribution in [3.63, 3.8) is 0 Å². The van der Waals surface area contributed by atoms with Gasteiger partial charge in [0.25, 0.3) is 0 Å². The molecule has 6 nitrogen and oxygen atoms in total. The molecule has 0 aliphatic heterocycles. The maximum Gasteiger partial charge on any atom is 0.331 e. The number of Topliss-reactive ketones (excluding diaryl/α,β-unsaturated/α-hetero) is 1. The average Bonchev–Trinajstić information content (AvgIpc) is 2.91. The van der Waals surface area contributed by atoms with Crippen molar-refractivity contribution < 1.29 is 23.8 Å². The van der Waals surface area contributed by atoms with Gasteiger partial charge in [-0.25, -0.2) is 4.79 Å². The van der Waals surface area contributed by atoms with E-state index in [4.69, 9.17) is 14.2 Å². The summed E-state index contributed by atoms with van der Waals surface area (Å²) in [5.74, 6) is 0.358. The number of aromatic nitrogens is 1. The molecule has 1 aromatic heterocycles. The summed E-state index contributed by atoms with van der Waals surface area (Å²) in [7, 11) is 4.98. The van der Waals surface area contributed by atoms with Crippen molar-refractivity contribution in [1.82, 2.24) is 4.57 Å². The Morgan fingerprint density at radius 2 is 1.77 bits per heavy atom. The van der Waals surface area contributed by atoms with E-state index in [0.717, 1.165) is 17.0 Å². The van der Waals surface area contributed by atoms with Gasteiger partial charge in [0, 0.05) is 30.1 Å². The van der Waals surface area contributed by atoms with E-state index in [1.807, 2.05) is 25.5 Å². The third kappa shape index (κ3) is 4.33. The molecule has 0 N–H and O–H groups in total. The first-order chi connectivity index (χ1) is 12.4. The fourth-order valence-electron chi connectivity index (χ4n) is 2.52. The van der Waals surface area contributed by atoms with Crippen LogP contribution in [-0.4, -0.2) is 37.1 Å². The molecule has 0 unspecified atom stereocenters. The summed E-state index contributed by atoms with van der Waals surface area (Å²) in [6.45, 7) is 3.49. The maximum atomic E-state index is 12.2. The van der Waals surface area contributed by atoms with Crippen molar-refractivity contribution in [1.29, 1.82) is 0 Å². The predicted molar refractivity (Wildman–Crippen MR) is 98.8 cm³/mol. The number of hydrogen-bond acceptors (Lipinski definition) is 5. The molecule has 138 valence electrons. The Bertz CT molecular complexity index is 848. The number of nitrogens with zero attached hydrogens (tertiary/aromatic N) is 1. The zero-order valence-corrected chi connectivity index (χ0v) is 15.7. The smallest absolute Gasteiger partial charge is 0.331 e. The highest BCUT2D eigenvalue weighted by Gasteiger charge is 2.15. The third-order valence-corrected chi connectivity index (χ3v) is 4.24. The van der Waals surface area contributed by atoms with Crippen molar-refractivity contribution in [2.24, 2.45) is 7.05 Å². The third-order valence-electron chi connectivity index (χ3n) is 4.24. The van der Waals surface area contributed by atoms with Crippen molar-refractivity contribution in [2.45, 2.75) is 13.8 Å². The second-order valence-electron chi connectivity index (χ2n) is 5.82. The number of methoxy groups -OCH3 is 2. The Kier molecular flexibility index (Phi) is 6.22. The lowest BCUT2D eigenvalue weighted by Crippen LogP contribution is -2.13. The summed E-state index contributed by atoms with van der Waals surface area (Å²) >= 11 is 0. The number of aryl methyl sites for hydroxylation is 1. The molecule has 0 atom stereocenters. The van der Waals surface area contributed by atoms with Crippen molar-refractivity contribution >= 4 is 17.8 Å². The average molecular weight is 357 g/mol. The highest BCUT2D eigenvalue weighted by molar-refractivity contribution is 6.00. The summed E-state index contributed by atoms with van der Waals surface area (Å²) in [4.78, 5) is 24.1. The van der Waals surface area contributed by atoms with Gasteiger partial charge in [0.15, 0.2) is 18.1 Å². The van der Waals surface area contributed by atoms with Crippen LogP contribution >= 0.6 is 0 Å². The molecule has 1 heterocycles. The molecular formula is C20H23NO5. The van der Waals surface area contributed by atoms with E-state index in [1.165, 1.54) is 6.08 Å². The highest BCUT2D eigenvalue weighted by Crippen LogP contribution is 2.27. The minimum absolute atomic E-state index is 0.223. The fourth-order valence-corrected chi connectivity index (χ4v) is 2.52. The Morgan fingerprint density at radius 1 is 1.08 bits per heavy atom. The predicted octanol–water partition coefficient (Wildman–Crippen LogP) is 3.10. The first-order valence-corrected chi connectivity index (χ1v) is 8.10. The number of esters is 1. The minimum atomic E-state index is -0.585. The molecule has 0 spiro atoms. The van der Waals surface area contributed by atoms with E-state index in [0.29, 0.717) is 17.1 Å². The number of rotatable bonds is 7. The normalized spacial score (nSPS) is 10.8. The maximum absolute atomic E-state index is 12.2. The molecule has 0 bridgehead atoms. The van der Waals surface area contributed by atoms with E-state index >= 15 is 0 Å². The van der Waals surface area contributed by atoms with Crippen LogP contribution in [0, 0.1) is 13.8 Å². The largest absolute Gasteiger partial charge is 0.493 e. The Hall–Kier alpha value is -3.02. The van der Waals surface area contributed by atoms with Gasteiger partial charge in [-0.3, -0.25) is 4.79 Å². The molecule has 6 heteroatoms. The first kappa shape index (κ1) is 19.3. The van der Waals surface area contributed by atoms with Crippen molar-refractivity contribution in [3.05, 3.63) is 52.9 Å². The van der Waals surface area contributed by atoms with Crippen LogP contribution in [-0.2, 0) is 16.6 Å². The van der Waals surface area contributed by atoms with Gasteiger partial charge in [0.1, 0.15) is 0 Å². The lowest BCUT2D eigenvalue weighted by atomic mass is 10.1. The molecule has 2 aromatic rings. The van der Waals surface area contributed by atoms with Crippen LogP contribution in [0.5, 0.6) is 11.5 Å². The summed E-state index contributed by atoms with van der Waals surface area (Å²) in [5, 5.41) is 0. The Morgan fingerprint density at radius 3 is 2.35 bits per heavy atom. The van der Waals surface area contributed by atoms with Gasteiger partial charge in [-0.2, -0.15) is 0 Å². The van der Waals surface area contributed by atoms with E-state index in [1.54, 1.807) is 44.6 Å². The lowest BCUT2D eigenvalue weighted by molar-refractivity contribution is -0.136. The van der Waals surface area contributed by atoms with Crippen LogP contribution in [0.15, 0.2) is 30.3 Å². The topological polar surface area (TPSA) is 66.8 Å². The van der Waals surface area contributed by atoms with Crippen LogP contribution in [0.2, 0.25) is 0 Å². The molecule has 26 heavy (non-hydrogen) atoms. The van der Waals surface area contributed by atoms with Gasteiger partial charge in [-0.1, -0.05) is 6.07 Å². The van der Waals surface area contributed by atoms with Crippen LogP contribution in [0.25, 0.3) is 6.08 Å². The van der Waals surface area contributed by atoms with Gasteiger partial charge >= 0.3 is 5.97 Å². The number of ether oxygens (including phenoxy) is 3. The molecule has 0 fully saturated rings. The van der Waals surface area contributed by atoms with Crippen LogP contribution in [0.1, 0.15) is 27.3 Å². The second kappa shape index (κ2) is 8.38. The molecule has 0 saturated carbocycles. The summed E-state index contributed by atoms with van der Waals surface area (Å²) < 4.78 is 17.3. The zero-order valence-electron chi connectivity index (χ0n) is 15.7. The summed E-state index contributed by atoms with van der Waals surface area (Å²) in [6, 6.07) is 7.06. The van der Waals surface area contributed by atoms with Crippen LogP contribution in [0.4, 0.5) is 0 Å². The molecule has 0 aliphatic carbocycles. The van der Waals surface area contributed by atoms with Gasteiger partial charge in [0.2, 0.25) is 5.78 Å². The zero-order chi connectivity index (χ0) is 19.3. The number of carbonyl (C=O) groups excluding carboxylic acids is 2. The number of carbonyl (C=O) groups is 2. The van der Waals surface area contributed by atoms with Gasteiger partial charge in [-0.05, 0) is 43.7 Å². The van der Waals surface area contributed by atoms with E-state index in [2.05, 4.69) is 0 Å². The summed E-state index contributed by atoms with van der Waals surface area (Å²) in [5.41, 5.74) is 3.15. The highest BCUT2D eigenvalue weighted by atomic mass is 16.5. The SMILES string of the molecule is COc1ccc(C=CC(=O)OCC(=O)c2cc(C)n(C)c2C)cc1OC. The van der Waals surface area contributed by atoms with Gasteiger partial charge < -0.3 is 18.8 Å². The molecular weight excluding hydrogens is 334 g/mol. The number of benzene rings is 1. The van der Waals surface area contributed by atoms with E-state index in [-0.39, 0.29) is 12.4 Å².